The van der Waals surface area contributed by atoms with Gasteiger partial charge >= 0.3 is 0 Å². The van der Waals surface area contributed by atoms with E-state index in [1.165, 1.54) is 38.5 Å². The minimum atomic E-state index is 0.762. The van der Waals surface area contributed by atoms with E-state index >= 15 is 0 Å². The summed E-state index contributed by atoms with van der Waals surface area (Å²) < 4.78 is 0.762. The molecule has 0 heterocycles. The zero-order valence-electron chi connectivity index (χ0n) is 6.62. The van der Waals surface area contributed by atoms with Crippen LogP contribution >= 0.6 is 22.6 Å². The van der Waals surface area contributed by atoms with E-state index in [0.717, 1.165) is 8.84 Å². The quantitative estimate of drug-likeness (QED) is 0.519. The van der Waals surface area contributed by atoms with Gasteiger partial charge in [-0.2, -0.15) is 0 Å². The van der Waals surface area contributed by atoms with Gasteiger partial charge in [-0.05, 0) is 37.5 Å². The second-order valence-corrected chi connectivity index (χ2v) is 6.02. The van der Waals surface area contributed by atoms with Crippen molar-refractivity contribution in [1.29, 1.82) is 0 Å². The lowest BCUT2D eigenvalue weighted by molar-refractivity contribution is 0.119. The Hall–Kier alpha value is 0.730. The van der Waals surface area contributed by atoms with Gasteiger partial charge in [0.05, 0.1) is 0 Å². The van der Waals surface area contributed by atoms with Gasteiger partial charge in [0.1, 0.15) is 0 Å². The van der Waals surface area contributed by atoms with Gasteiger partial charge in [-0.25, -0.2) is 0 Å². The highest BCUT2D eigenvalue weighted by molar-refractivity contribution is 14.1. The highest BCUT2D eigenvalue weighted by Crippen LogP contribution is 2.66. The van der Waals surface area contributed by atoms with E-state index in [-0.39, 0.29) is 0 Å². The van der Waals surface area contributed by atoms with Gasteiger partial charge in [0, 0.05) is 3.42 Å². The van der Waals surface area contributed by atoms with Crippen molar-refractivity contribution < 1.29 is 0 Å². The third kappa shape index (κ3) is 0.788. The molecule has 58 valence electrons. The molecule has 0 atom stereocenters. The highest BCUT2D eigenvalue weighted by atomic mass is 127. The van der Waals surface area contributed by atoms with E-state index < -0.39 is 0 Å². The maximum absolute atomic E-state index is 2.72. The molecule has 10 heavy (non-hydrogen) atoms. The summed E-state index contributed by atoms with van der Waals surface area (Å²) in [5.41, 5.74) is 0.799. The first kappa shape index (κ1) is 7.38. The van der Waals surface area contributed by atoms with Crippen LogP contribution in [0.15, 0.2) is 0 Å². The Morgan fingerprint density at radius 2 is 1.80 bits per heavy atom. The van der Waals surface area contributed by atoms with Gasteiger partial charge in [-0.15, -0.1) is 0 Å². The van der Waals surface area contributed by atoms with Crippen LogP contribution < -0.4 is 0 Å². The predicted molar refractivity (Wildman–Crippen MR) is 52.6 cm³/mol. The molecule has 0 amide bonds. The highest BCUT2D eigenvalue weighted by Gasteiger charge is 2.58. The van der Waals surface area contributed by atoms with E-state index in [9.17, 15) is 0 Å². The van der Waals surface area contributed by atoms with Crippen molar-refractivity contribution in [3.05, 3.63) is 0 Å². The fraction of sp³-hybridized carbons (Fsp3) is 1.00. The maximum Gasteiger partial charge on any atom is 0.0279 e. The van der Waals surface area contributed by atoms with Crippen LogP contribution in [0.2, 0.25) is 0 Å². The van der Waals surface area contributed by atoms with E-state index in [1.54, 1.807) is 0 Å². The Balaban J connectivity index is 2.11. The van der Waals surface area contributed by atoms with Crippen molar-refractivity contribution in [2.45, 2.75) is 48.9 Å². The fourth-order valence-electron chi connectivity index (χ4n) is 2.36. The first-order valence-electron chi connectivity index (χ1n) is 4.41. The Morgan fingerprint density at radius 3 is 1.90 bits per heavy atom. The van der Waals surface area contributed by atoms with Crippen molar-refractivity contribution in [1.82, 2.24) is 0 Å². The average molecular weight is 250 g/mol. The summed E-state index contributed by atoms with van der Waals surface area (Å²) in [5, 5.41) is 0. The molecule has 0 N–H and O–H groups in total. The number of rotatable bonds is 2. The third-order valence-corrected chi connectivity index (χ3v) is 5.85. The molecule has 0 unspecified atom stereocenters. The summed E-state index contributed by atoms with van der Waals surface area (Å²) in [6.45, 7) is 2.37. The first-order valence-corrected chi connectivity index (χ1v) is 5.49. The Morgan fingerprint density at radius 1 is 1.20 bits per heavy atom. The molecule has 2 fully saturated rings. The van der Waals surface area contributed by atoms with Crippen LogP contribution in [0.25, 0.3) is 0 Å². The SMILES string of the molecule is CCC1(C2(I)CC2)CCC1. The monoisotopic (exact) mass is 250 g/mol. The van der Waals surface area contributed by atoms with Crippen LogP contribution in [0, 0.1) is 5.41 Å². The maximum atomic E-state index is 2.72. The average Bonchev–Trinajstić information content (AvgIpc) is 2.47. The zero-order valence-corrected chi connectivity index (χ0v) is 8.78. The summed E-state index contributed by atoms with van der Waals surface area (Å²) in [4.78, 5) is 0. The normalized spacial score (nSPS) is 33.0. The summed E-state index contributed by atoms with van der Waals surface area (Å²) in [6.07, 6.45) is 8.97. The third-order valence-electron chi connectivity index (χ3n) is 3.63. The van der Waals surface area contributed by atoms with Crippen molar-refractivity contribution >= 4 is 22.6 Å². The molecule has 0 saturated heterocycles. The Kier molecular flexibility index (Phi) is 1.56. The topological polar surface area (TPSA) is 0 Å². The molecule has 0 aromatic carbocycles. The minimum Gasteiger partial charge on any atom is -0.0783 e. The van der Waals surface area contributed by atoms with Gasteiger partial charge in [0.15, 0.2) is 0 Å². The van der Waals surface area contributed by atoms with Crippen molar-refractivity contribution in [2.24, 2.45) is 5.41 Å². The summed E-state index contributed by atoms with van der Waals surface area (Å²) in [5.74, 6) is 0. The lowest BCUT2D eigenvalue weighted by Crippen LogP contribution is -2.38. The number of hydrogen-bond acceptors (Lipinski definition) is 0. The van der Waals surface area contributed by atoms with Gasteiger partial charge in [0.25, 0.3) is 0 Å². The Labute approximate surface area is 76.9 Å². The molecule has 0 radical (unpaired) electrons. The molecule has 2 saturated carbocycles. The molecule has 2 aliphatic rings. The summed E-state index contributed by atoms with van der Waals surface area (Å²) in [6, 6.07) is 0. The summed E-state index contributed by atoms with van der Waals surface area (Å²) >= 11 is 2.72. The molecule has 0 aliphatic heterocycles. The van der Waals surface area contributed by atoms with Gasteiger partial charge < -0.3 is 0 Å². The van der Waals surface area contributed by atoms with Crippen LogP contribution in [0.3, 0.4) is 0 Å². The van der Waals surface area contributed by atoms with Gasteiger partial charge in [-0.1, -0.05) is 35.9 Å². The van der Waals surface area contributed by atoms with Crippen molar-refractivity contribution in [3.63, 3.8) is 0 Å². The van der Waals surface area contributed by atoms with E-state index in [0.29, 0.717) is 0 Å². The van der Waals surface area contributed by atoms with Crippen LogP contribution in [-0.4, -0.2) is 3.42 Å². The molecule has 2 aliphatic carbocycles. The van der Waals surface area contributed by atoms with Crippen LogP contribution in [0.5, 0.6) is 0 Å². The smallest absolute Gasteiger partial charge is 0.0279 e. The van der Waals surface area contributed by atoms with Crippen LogP contribution in [0.1, 0.15) is 45.4 Å². The van der Waals surface area contributed by atoms with Gasteiger partial charge in [-0.3, -0.25) is 0 Å². The van der Waals surface area contributed by atoms with E-state index in [1.807, 2.05) is 0 Å². The van der Waals surface area contributed by atoms with Crippen molar-refractivity contribution in [3.8, 4) is 0 Å². The molecule has 1 heteroatoms. The number of hydrogen-bond donors (Lipinski definition) is 0. The number of halogens is 1. The van der Waals surface area contributed by atoms with Crippen LogP contribution in [-0.2, 0) is 0 Å². The van der Waals surface area contributed by atoms with E-state index in [4.69, 9.17) is 0 Å². The number of alkyl halides is 1. The molecular weight excluding hydrogens is 235 g/mol. The molecule has 0 spiro atoms. The van der Waals surface area contributed by atoms with Gasteiger partial charge in [0.2, 0.25) is 0 Å². The minimum absolute atomic E-state index is 0.762. The largest absolute Gasteiger partial charge is 0.0783 e. The first-order chi connectivity index (χ1) is 4.72. The molecule has 0 aromatic heterocycles. The zero-order chi connectivity index (χ0) is 7.24. The molecule has 0 aromatic rings. The van der Waals surface area contributed by atoms with Crippen LogP contribution in [0.4, 0.5) is 0 Å². The Bertz CT molecular complexity index is 137. The van der Waals surface area contributed by atoms with E-state index in [2.05, 4.69) is 29.5 Å². The lowest BCUT2D eigenvalue weighted by Gasteiger charge is -2.46. The summed E-state index contributed by atoms with van der Waals surface area (Å²) in [7, 11) is 0. The second-order valence-electron chi connectivity index (χ2n) is 3.95. The van der Waals surface area contributed by atoms with Crippen molar-refractivity contribution in [2.75, 3.05) is 0 Å². The molecular formula is C9H15I. The molecule has 0 nitrogen and oxygen atoms in total. The second kappa shape index (κ2) is 2.11. The molecule has 2 rings (SSSR count). The standard InChI is InChI=1S/C9H15I/c1-2-8(4-3-5-8)9(10)6-7-9/h2-7H2,1H3. The lowest BCUT2D eigenvalue weighted by atomic mass is 9.64. The predicted octanol–water partition coefficient (Wildman–Crippen LogP) is 3.53. The molecule has 0 bridgehead atoms. The fourth-order valence-corrected chi connectivity index (χ4v) is 3.55.